The van der Waals surface area contributed by atoms with Gasteiger partial charge in [0.2, 0.25) is 5.88 Å². The van der Waals surface area contributed by atoms with Crippen LogP contribution in [0, 0.1) is 33.1 Å². The fourth-order valence-electron chi connectivity index (χ4n) is 14.7. The Morgan fingerprint density at radius 1 is 0.882 bits per heavy atom. The molecular formula is C62H69F2N9O11S. The second-order valence-electron chi connectivity index (χ2n) is 24.3. The fourth-order valence-corrected chi connectivity index (χ4v) is 15.7. The molecule has 6 aromatic rings. The summed E-state index contributed by atoms with van der Waals surface area (Å²) in [6.07, 6.45) is 7.49. The van der Waals surface area contributed by atoms with Gasteiger partial charge in [-0.1, -0.05) is 18.2 Å². The first-order valence-electron chi connectivity index (χ1n) is 29.8. The van der Waals surface area contributed by atoms with Gasteiger partial charge in [-0.05, 0) is 119 Å². The molecule has 3 N–H and O–H groups in total. The van der Waals surface area contributed by atoms with E-state index in [2.05, 4.69) is 35.8 Å². The quantitative estimate of drug-likeness (QED) is 0.0768. The summed E-state index contributed by atoms with van der Waals surface area (Å²) in [6.45, 7) is 9.76. The molecule has 0 bridgehead atoms. The van der Waals surface area contributed by atoms with E-state index in [4.69, 9.17) is 33.4 Å². The number of hydrogen-bond donors (Lipinski definition) is 3. The fraction of sp³-hybridized carbons (Fsp3) is 0.484. The third-order valence-electron chi connectivity index (χ3n) is 19.0. The van der Waals surface area contributed by atoms with E-state index < -0.39 is 49.2 Å². The average molecular weight is 1190 g/mol. The first-order valence-corrected chi connectivity index (χ1v) is 31.3. The Kier molecular flexibility index (Phi) is 14.5. The van der Waals surface area contributed by atoms with Crippen molar-refractivity contribution in [2.45, 2.75) is 113 Å². The largest absolute Gasteiger partial charge is 0.491 e. The summed E-state index contributed by atoms with van der Waals surface area (Å²) in [5.41, 5.74) is 4.88. The highest BCUT2D eigenvalue weighted by Crippen LogP contribution is 2.55. The molecule has 1 amide bonds. The Morgan fingerprint density at radius 3 is 2.51 bits per heavy atom. The van der Waals surface area contributed by atoms with E-state index >= 15 is 8.78 Å². The Bertz CT molecular complexity index is 3700. The van der Waals surface area contributed by atoms with Gasteiger partial charge in [0.25, 0.3) is 21.6 Å². The van der Waals surface area contributed by atoms with E-state index in [-0.39, 0.29) is 78.4 Å². The van der Waals surface area contributed by atoms with Gasteiger partial charge >= 0.3 is 0 Å². The van der Waals surface area contributed by atoms with Crippen LogP contribution in [0.3, 0.4) is 0 Å². The highest BCUT2D eigenvalue weighted by Gasteiger charge is 2.51. The number of piperazine rings is 1. The summed E-state index contributed by atoms with van der Waals surface area (Å²) in [5.74, 6) is -0.770. The normalized spacial score (nSPS) is 23.4. The van der Waals surface area contributed by atoms with Crippen molar-refractivity contribution in [3.63, 3.8) is 0 Å². The molecule has 14 rings (SSSR count). The van der Waals surface area contributed by atoms with E-state index in [1.807, 2.05) is 61.2 Å². The van der Waals surface area contributed by atoms with Crippen molar-refractivity contribution in [1.82, 2.24) is 19.6 Å². The molecule has 448 valence electrons. The molecular weight excluding hydrogens is 1120 g/mol. The van der Waals surface area contributed by atoms with Gasteiger partial charge in [-0.3, -0.25) is 19.8 Å². The van der Waals surface area contributed by atoms with Crippen LogP contribution in [0.15, 0.2) is 83.9 Å². The van der Waals surface area contributed by atoms with Gasteiger partial charge in [0.1, 0.15) is 41.4 Å². The smallest absolute Gasteiger partial charge is 0.297 e. The van der Waals surface area contributed by atoms with Gasteiger partial charge < -0.3 is 53.4 Å². The summed E-state index contributed by atoms with van der Waals surface area (Å²) in [6, 6.07) is 20.2. The number of rotatable bonds is 12. The monoisotopic (exact) mass is 1190 g/mol. The molecule has 5 fully saturated rings. The number of halogens is 2. The number of carbonyl (C=O) groups is 1. The number of fused-ring (bicyclic) bond motifs is 5. The number of pyridine rings is 1. The van der Waals surface area contributed by atoms with E-state index in [1.165, 1.54) is 6.07 Å². The third kappa shape index (κ3) is 10.3. The number of nitrogens with zero attached hydrogens (tertiary/aromatic N) is 6. The maximum atomic E-state index is 16.1. The predicted molar refractivity (Wildman–Crippen MR) is 313 cm³/mol. The van der Waals surface area contributed by atoms with Crippen molar-refractivity contribution < 1.29 is 55.3 Å². The first-order chi connectivity index (χ1) is 41.2. The first kappa shape index (κ1) is 55.6. The minimum Gasteiger partial charge on any atom is -0.491 e. The molecule has 4 saturated heterocycles. The van der Waals surface area contributed by atoms with Crippen molar-refractivity contribution in [2.24, 2.45) is 11.3 Å². The van der Waals surface area contributed by atoms with Crippen molar-refractivity contribution in [2.75, 3.05) is 92.4 Å². The van der Waals surface area contributed by atoms with Crippen molar-refractivity contribution in [3.05, 3.63) is 123 Å². The zero-order chi connectivity index (χ0) is 58.3. The maximum Gasteiger partial charge on any atom is 0.297 e. The number of nitro benzene ring substituents is 1. The van der Waals surface area contributed by atoms with Gasteiger partial charge in [-0.2, -0.15) is 4.98 Å². The minimum atomic E-state index is -4.75. The van der Waals surface area contributed by atoms with E-state index in [1.54, 1.807) is 12.3 Å². The Morgan fingerprint density at radius 2 is 1.69 bits per heavy atom. The van der Waals surface area contributed by atoms with Gasteiger partial charge in [0.05, 0.1) is 70.8 Å². The lowest BCUT2D eigenvalue weighted by Gasteiger charge is -2.58. The SMILES string of the molecule is CC(C)Oc1ccccc1[C@@H]1CN(c2c(F)cc(F)c3c2CCOC3)CCN1C1CC2(CCN(c3ccc(C(=O)NS(=O)(=O)c4cc5c(c([N+](=O)[O-])c4)N[C@H](C4CCOCC4)CO5)c(N4c5cc6cc[nH]c6nc5O[C@H]5COCC[C@@H]54)c3)CC2)C1. The molecule has 2 aromatic heterocycles. The van der Waals surface area contributed by atoms with Crippen LogP contribution in [0.4, 0.5) is 42.9 Å². The van der Waals surface area contributed by atoms with E-state index in [0.717, 1.165) is 86.1 Å². The van der Waals surface area contributed by atoms with Crippen LogP contribution >= 0.6 is 0 Å². The average Bonchev–Trinajstić information content (AvgIpc) is 3.41. The lowest BCUT2D eigenvalue weighted by Crippen LogP contribution is -2.60. The van der Waals surface area contributed by atoms with Gasteiger partial charge in [0.15, 0.2) is 11.4 Å². The number of carbonyl (C=O) groups excluding carboxylic acids is 1. The van der Waals surface area contributed by atoms with Crippen molar-refractivity contribution >= 4 is 61.1 Å². The topological polar surface area (TPSA) is 215 Å². The second-order valence-corrected chi connectivity index (χ2v) is 26.0. The number of para-hydroxylation sites is 1. The van der Waals surface area contributed by atoms with Gasteiger partial charge in [0, 0.05) is 105 Å². The van der Waals surface area contributed by atoms with Crippen LogP contribution in [-0.4, -0.2) is 137 Å². The number of H-pyrrole nitrogens is 1. The number of nitrogens with one attached hydrogen (secondary N) is 3. The standard InChI is InChI=1S/C62H69F2N9O11S/c1-36(2)83-54-6-4-3-5-43(54)53-32-70(58-42-12-23-80-33-45(42)46(63)29-47(58)64)19-20-71(53)40-30-62(31-40)14-17-69(18-15-62)39-7-8-44(50(26-39)72-49-13-24-81-35-56(49)84-61-52(72)25-38-9-16-65-59(38)67-61)60(74)68-85(77,78)41-27-51(73(75)76)57-55(28-41)82-34-48(66-57)37-10-21-79-22-11-37/h3-9,16,25-29,36-37,40,48-49,53,56,66H,10-15,17-24,30-35H2,1-2H3,(H,65,67)(H,68,74)/t48-,49-,53-,56-/m0/s1. The van der Waals surface area contributed by atoms with Crippen LogP contribution < -0.4 is 38.9 Å². The molecule has 8 aliphatic rings. The van der Waals surface area contributed by atoms with Gasteiger partial charge in [-0.15, -0.1) is 0 Å². The molecule has 4 aromatic carbocycles. The Hall–Kier alpha value is -7.31. The Balaban J connectivity index is 0.745. The van der Waals surface area contributed by atoms with Crippen LogP contribution in [0.2, 0.25) is 0 Å². The number of hydrogen-bond acceptors (Lipinski definition) is 17. The predicted octanol–water partition coefficient (Wildman–Crippen LogP) is 9.33. The zero-order valence-electron chi connectivity index (χ0n) is 47.5. The molecule has 1 saturated carbocycles. The highest BCUT2D eigenvalue weighted by atomic mass is 32.2. The summed E-state index contributed by atoms with van der Waals surface area (Å²) in [4.78, 5) is 43.5. The van der Waals surface area contributed by atoms with E-state index in [9.17, 15) is 23.3 Å². The van der Waals surface area contributed by atoms with Crippen LogP contribution in [0.5, 0.6) is 17.4 Å². The molecule has 20 nitrogen and oxygen atoms in total. The minimum absolute atomic E-state index is 0.00530. The molecule has 9 heterocycles. The Labute approximate surface area is 491 Å². The molecule has 4 atom stereocenters. The molecule has 7 aliphatic heterocycles. The number of aromatic amines is 1. The zero-order valence-corrected chi connectivity index (χ0v) is 48.3. The summed E-state index contributed by atoms with van der Waals surface area (Å²) >= 11 is 0. The molecule has 85 heavy (non-hydrogen) atoms. The van der Waals surface area contributed by atoms with Crippen LogP contribution in [0.25, 0.3) is 11.0 Å². The van der Waals surface area contributed by atoms with E-state index in [0.29, 0.717) is 98.6 Å². The summed E-state index contributed by atoms with van der Waals surface area (Å²) in [5, 5.41) is 16.7. The lowest BCUT2D eigenvalue weighted by atomic mass is 9.59. The number of nitro groups is 1. The number of sulfonamides is 1. The third-order valence-corrected chi connectivity index (χ3v) is 20.3. The molecule has 1 spiro atoms. The molecule has 23 heteroatoms. The second kappa shape index (κ2) is 22.2. The number of piperidine rings is 1. The number of benzene rings is 4. The lowest BCUT2D eigenvalue weighted by molar-refractivity contribution is -0.384. The summed E-state index contributed by atoms with van der Waals surface area (Å²) in [7, 11) is -4.75. The number of aromatic nitrogens is 2. The summed E-state index contributed by atoms with van der Waals surface area (Å²) < 4.78 is 98.6. The van der Waals surface area contributed by atoms with Crippen LogP contribution in [0.1, 0.15) is 91.9 Å². The number of anilines is 5. The van der Waals surface area contributed by atoms with Crippen molar-refractivity contribution in [1.29, 1.82) is 0 Å². The molecule has 0 radical (unpaired) electrons. The molecule has 1 aliphatic carbocycles. The molecule has 0 unspecified atom stereocenters. The number of ether oxygens (including phenoxy) is 6. The van der Waals surface area contributed by atoms with Crippen molar-refractivity contribution in [3.8, 4) is 17.4 Å². The highest BCUT2D eigenvalue weighted by molar-refractivity contribution is 7.90. The maximum absolute atomic E-state index is 16.1. The van der Waals surface area contributed by atoms with Crippen LogP contribution in [-0.2, 0) is 37.3 Å². The number of amides is 1. The van der Waals surface area contributed by atoms with Gasteiger partial charge in [-0.25, -0.2) is 21.9 Å².